The maximum atomic E-state index is 13.0. The number of sulfonamides is 1. The number of carbonyl (C=O) groups is 1. The molecule has 1 aliphatic rings. The van der Waals surface area contributed by atoms with Crippen molar-refractivity contribution in [3.05, 3.63) is 59.9 Å². The number of rotatable bonds is 7. The summed E-state index contributed by atoms with van der Waals surface area (Å²) in [4.78, 5) is 12.6. The molecule has 29 heavy (non-hydrogen) atoms. The Morgan fingerprint density at radius 3 is 2.45 bits per heavy atom. The molecule has 1 fully saturated rings. The molecule has 0 spiro atoms. The highest BCUT2D eigenvalue weighted by molar-refractivity contribution is 7.88. The van der Waals surface area contributed by atoms with E-state index in [0.717, 1.165) is 0 Å². The van der Waals surface area contributed by atoms with Crippen molar-refractivity contribution in [3.63, 3.8) is 0 Å². The van der Waals surface area contributed by atoms with Gasteiger partial charge in [0.2, 0.25) is 15.9 Å². The molecule has 2 aromatic carbocycles. The molecule has 0 saturated carbocycles. The smallest absolute Gasteiger partial charge is 0.227 e. The molecule has 0 atom stereocenters. The Morgan fingerprint density at radius 2 is 1.79 bits per heavy atom. The maximum absolute atomic E-state index is 13.0. The highest BCUT2D eigenvalue weighted by Crippen LogP contribution is 2.27. The number of ether oxygens (including phenoxy) is 1. The fourth-order valence-electron chi connectivity index (χ4n) is 3.36. The van der Waals surface area contributed by atoms with E-state index in [1.54, 1.807) is 12.1 Å². The maximum Gasteiger partial charge on any atom is 0.227 e. The summed E-state index contributed by atoms with van der Waals surface area (Å²) < 4.78 is 45.2. The molecule has 1 aliphatic heterocycles. The minimum atomic E-state index is -3.51. The quantitative estimate of drug-likeness (QED) is 0.745. The topological polar surface area (TPSA) is 75.7 Å². The number of nitrogens with one attached hydrogen (secondary N) is 1. The van der Waals surface area contributed by atoms with Crippen LogP contribution < -0.4 is 10.1 Å². The van der Waals surface area contributed by atoms with Crippen molar-refractivity contribution < 1.29 is 22.3 Å². The van der Waals surface area contributed by atoms with Gasteiger partial charge in [0.1, 0.15) is 11.6 Å². The number of benzene rings is 2. The average molecular weight is 421 g/mol. The summed E-state index contributed by atoms with van der Waals surface area (Å²) in [7, 11) is -3.51. The highest BCUT2D eigenvalue weighted by Gasteiger charge is 2.31. The van der Waals surface area contributed by atoms with Gasteiger partial charge in [-0.3, -0.25) is 4.79 Å². The standard InChI is InChI=1S/C21H25FN2O4S/c1-2-28-20-6-4-3-5-19(20)23-21(25)17-11-13-24(14-12-17)29(26,27)15-16-7-9-18(22)10-8-16/h3-10,17H,2,11-15H2,1H3,(H,23,25). The summed E-state index contributed by atoms with van der Waals surface area (Å²) in [6.07, 6.45) is 0.899. The van der Waals surface area contributed by atoms with E-state index in [-0.39, 0.29) is 30.7 Å². The van der Waals surface area contributed by atoms with Crippen molar-refractivity contribution in [3.8, 4) is 5.75 Å². The Morgan fingerprint density at radius 1 is 1.14 bits per heavy atom. The van der Waals surface area contributed by atoms with Crippen LogP contribution in [0.5, 0.6) is 5.75 Å². The Kier molecular flexibility index (Phi) is 6.87. The second kappa shape index (κ2) is 9.37. The van der Waals surface area contributed by atoms with Crippen LogP contribution in [0.15, 0.2) is 48.5 Å². The van der Waals surface area contributed by atoms with Crippen LogP contribution in [0.3, 0.4) is 0 Å². The van der Waals surface area contributed by atoms with Crippen molar-refractivity contribution >= 4 is 21.6 Å². The van der Waals surface area contributed by atoms with Crippen LogP contribution in [0.2, 0.25) is 0 Å². The summed E-state index contributed by atoms with van der Waals surface area (Å²) in [5.41, 5.74) is 1.16. The minimum Gasteiger partial charge on any atom is -0.492 e. The van der Waals surface area contributed by atoms with E-state index in [4.69, 9.17) is 4.74 Å². The number of hydrogen-bond donors (Lipinski definition) is 1. The van der Waals surface area contributed by atoms with Crippen molar-refractivity contribution in [1.29, 1.82) is 0 Å². The molecule has 0 aromatic heterocycles. The summed E-state index contributed by atoms with van der Waals surface area (Å²) in [6.45, 7) is 2.95. The number of piperidine rings is 1. The lowest BCUT2D eigenvalue weighted by atomic mass is 9.97. The molecule has 0 aliphatic carbocycles. The Bertz CT molecular complexity index is 939. The van der Waals surface area contributed by atoms with Gasteiger partial charge in [-0.1, -0.05) is 24.3 Å². The molecule has 1 heterocycles. The zero-order valence-corrected chi connectivity index (χ0v) is 17.1. The number of amides is 1. The lowest BCUT2D eigenvalue weighted by Crippen LogP contribution is -2.41. The Hall–Kier alpha value is -2.45. The van der Waals surface area contributed by atoms with E-state index >= 15 is 0 Å². The SMILES string of the molecule is CCOc1ccccc1NC(=O)C1CCN(S(=O)(=O)Cc2ccc(F)cc2)CC1. The van der Waals surface area contributed by atoms with Gasteiger partial charge in [0, 0.05) is 19.0 Å². The number of nitrogens with zero attached hydrogens (tertiary/aromatic N) is 1. The molecule has 1 saturated heterocycles. The van der Waals surface area contributed by atoms with Gasteiger partial charge >= 0.3 is 0 Å². The highest BCUT2D eigenvalue weighted by atomic mass is 32.2. The first-order chi connectivity index (χ1) is 13.9. The third-order valence-electron chi connectivity index (χ3n) is 4.93. The third kappa shape index (κ3) is 5.55. The van der Waals surface area contributed by atoms with Gasteiger partial charge in [-0.15, -0.1) is 0 Å². The van der Waals surface area contributed by atoms with Gasteiger partial charge in [-0.25, -0.2) is 17.1 Å². The molecular weight excluding hydrogens is 395 g/mol. The number of halogens is 1. The molecule has 1 amide bonds. The van der Waals surface area contributed by atoms with Crippen molar-refractivity contribution in [2.75, 3.05) is 25.0 Å². The first-order valence-corrected chi connectivity index (χ1v) is 11.2. The van der Waals surface area contributed by atoms with Gasteiger partial charge in [-0.2, -0.15) is 0 Å². The van der Waals surface area contributed by atoms with E-state index in [0.29, 0.717) is 36.4 Å². The van der Waals surface area contributed by atoms with Crippen LogP contribution in [-0.4, -0.2) is 38.3 Å². The fourth-order valence-corrected chi connectivity index (χ4v) is 4.93. The Labute approximate surface area is 170 Å². The monoisotopic (exact) mass is 420 g/mol. The van der Waals surface area contributed by atoms with Crippen LogP contribution in [-0.2, 0) is 20.6 Å². The van der Waals surface area contributed by atoms with Crippen LogP contribution >= 0.6 is 0 Å². The summed E-state index contributed by atoms with van der Waals surface area (Å²) >= 11 is 0. The van der Waals surface area contributed by atoms with Crippen molar-refractivity contribution in [1.82, 2.24) is 4.31 Å². The average Bonchev–Trinajstić information content (AvgIpc) is 2.71. The summed E-state index contributed by atoms with van der Waals surface area (Å²) in [6, 6.07) is 12.7. The minimum absolute atomic E-state index is 0.132. The summed E-state index contributed by atoms with van der Waals surface area (Å²) in [5, 5.41) is 2.90. The van der Waals surface area contributed by atoms with E-state index in [1.165, 1.54) is 28.6 Å². The second-order valence-corrected chi connectivity index (χ2v) is 8.94. The first kappa shape index (κ1) is 21.3. The summed E-state index contributed by atoms with van der Waals surface area (Å²) in [5.74, 6) is -0.354. The lowest BCUT2D eigenvalue weighted by Gasteiger charge is -2.30. The second-order valence-electron chi connectivity index (χ2n) is 6.97. The normalized spacial score (nSPS) is 15.8. The molecule has 0 radical (unpaired) electrons. The number of hydrogen-bond acceptors (Lipinski definition) is 4. The van der Waals surface area contributed by atoms with Crippen molar-refractivity contribution in [2.24, 2.45) is 5.92 Å². The van der Waals surface area contributed by atoms with Gasteiger partial charge in [0.25, 0.3) is 0 Å². The molecule has 6 nitrogen and oxygen atoms in total. The molecule has 2 aromatic rings. The number of anilines is 1. The molecule has 156 valence electrons. The molecule has 8 heteroatoms. The predicted octanol–water partition coefficient (Wildman–Crippen LogP) is 3.40. The van der Waals surface area contributed by atoms with Gasteiger partial charge in [0.15, 0.2) is 0 Å². The number of para-hydroxylation sites is 2. The van der Waals surface area contributed by atoms with Crippen LogP contribution in [0, 0.1) is 11.7 Å². The molecule has 3 rings (SSSR count). The van der Waals surface area contributed by atoms with Crippen LogP contribution in [0.4, 0.5) is 10.1 Å². The van der Waals surface area contributed by atoms with Gasteiger partial charge < -0.3 is 10.1 Å². The van der Waals surface area contributed by atoms with E-state index in [2.05, 4.69) is 5.32 Å². The van der Waals surface area contributed by atoms with E-state index < -0.39 is 15.8 Å². The van der Waals surface area contributed by atoms with E-state index in [1.807, 2.05) is 19.1 Å². The third-order valence-corrected chi connectivity index (χ3v) is 6.78. The van der Waals surface area contributed by atoms with Gasteiger partial charge in [-0.05, 0) is 49.6 Å². The molecule has 0 bridgehead atoms. The molecule has 1 N–H and O–H groups in total. The van der Waals surface area contributed by atoms with Crippen LogP contribution in [0.1, 0.15) is 25.3 Å². The molecular formula is C21H25FN2O4S. The predicted molar refractivity (Wildman–Crippen MR) is 110 cm³/mol. The zero-order chi connectivity index (χ0) is 20.9. The zero-order valence-electron chi connectivity index (χ0n) is 16.3. The van der Waals surface area contributed by atoms with Crippen molar-refractivity contribution in [2.45, 2.75) is 25.5 Å². The van der Waals surface area contributed by atoms with E-state index in [9.17, 15) is 17.6 Å². The molecule has 0 unspecified atom stereocenters. The largest absolute Gasteiger partial charge is 0.492 e. The first-order valence-electron chi connectivity index (χ1n) is 9.64. The lowest BCUT2D eigenvalue weighted by molar-refractivity contribution is -0.120. The Balaban J connectivity index is 1.57. The van der Waals surface area contributed by atoms with Gasteiger partial charge in [0.05, 0.1) is 18.0 Å². The fraction of sp³-hybridized carbons (Fsp3) is 0.381. The number of carbonyl (C=O) groups excluding carboxylic acids is 1. The van der Waals surface area contributed by atoms with Crippen LogP contribution in [0.25, 0.3) is 0 Å².